The van der Waals surface area contributed by atoms with Crippen LogP contribution in [-0.2, 0) is 16.4 Å². The number of aryl methyl sites for hydroxylation is 1. The number of halogens is 1. The molecule has 128 valence electrons. The summed E-state index contributed by atoms with van der Waals surface area (Å²) < 4.78 is 27.8. The molecule has 0 N–H and O–H groups in total. The Bertz CT molecular complexity index is 819. The molecule has 4 nitrogen and oxygen atoms in total. The molecule has 0 saturated carbocycles. The molecule has 6 heteroatoms. The molecule has 24 heavy (non-hydrogen) atoms. The minimum absolute atomic E-state index is 0.206. The molecule has 0 atom stereocenters. The van der Waals surface area contributed by atoms with E-state index in [0.29, 0.717) is 13.0 Å². The molecule has 0 unspecified atom stereocenters. The topological polar surface area (TPSA) is 50.3 Å². The highest BCUT2D eigenvalue weighted by atomic mass is 79.9. The second-order valence-electron chi connectivity index (χ2n) is 6.01. The average molecular weight is 409 g/mol. The van der Waals surface area contributed by atoms with Crippen LogP contribution in [0.5, 0.6) is 0 Å². The number of hydrogen-bond acceptors (Lipinski definition) is 3. The lowest BCUT2D eigenvalue weighted by Crippen LogP contribution is -2.37. The molecule has 0 amide bonds. The van der Waals surface area contributed by atoms with Gasteiger partial charge in [-0.3, -0.25) is 9.29 Å². The van der Waals surface area contributed by atoms with E-state index in [0.717, 1.165) is 46.4 Å². The molecule has 0 bridgehead atoms. The van der Waals surface area contributed by atoms with Gasteiger partial charge in [0.05, 0.1) is 22.8 Å². The number of anilines is 1. The number of pyridine rings is 1. The Morgan fingerprint density at radius 3 is 2.62 bits per heavy atom. The summed E-state index contributed by atoms with van der Waals surface area (Å²) in [6.45, 7) is 2.56. The van der Waals surface area contributed by atoms with E-state index in [4.69, 9.17) is 4.98 Å². The first-order valence-corrected chi connectivity index (χ1v) is 10.7. The number of aromatic nitrogens is 1. The van der Waals surface area contributed by atoms with Crippen LogP contribution in [0.25, 0.3) is 11.3 Å². The van der Waals surface area contributed by atoms with Gasteiger partial charge in [-0.05, 0) is 43.5 Å². The summed E-state index contributed by atoms with van der Waals surface area (Å²) in [6, 6.07) is 11.8. The summed E-state index contributed by atoms with van der Waals surface area (Å²) in [5.41, 5.74) is 3.54. The molecule has 2 heterocycles. The van der Waals surface area contributed by atoms with E-state index in [2.05, 4.69) is 15.9 Å². The predicted molar refractivity (Wildman–Crippen MR) is 102 cm³/mol. The van der Waals surface area contributed by atoms with Gasteiger partial charge in [-0.2, -0.15) is 0 Å². The van der Waals surface area contributed by atoms with Gasteiger partial charge in [-0.15, -0.1) is 0 Å². The van der Waals surface area contributed by atoms with Gasteiger partial charge in [0.1, 0.15) is 0 Å². The minimum Gasteiger partial charge on any atom is -0.268 e. The second-order valence-corrected chi connectivity index (χ2v) is 8.94. The van der Waals surface area contributed by atoms with Gasteiger partial charge in [0.25, 0.3) is 0 Å². The van der Waals surface area contributed by atoms with Crippen LogP contribution in [-0.4, -0.2) is 25.7 Å². The van der Waals surface area contributed by atoms with Crippen LogP contribution in [0.2, 0.25) is 0 Å². The van der Waals surface area contributed by atoms with E-state index in [1.54, 1.807) is 4.31 Å². The molecule has 0 spiro atoms. The highest BCUT2D eigenvalue weighted by Crippen LogP contribution is 2.31. The van der Waals surface area contributed by atoms with Crippen molar-refractivity contribution in [1.82, 2.24) is 4.98 Å². The van der Waals surface area contributed by atoms with Gasteiger partial charge in [-0.1, -0.05) is 41.4 Å². The molecule has 0 saturated heterocycles. The zero-order chi connectivity index (χ0) is 17.2. The molecular formula is C18H21BrN2O2S. The molecule has 1 aliphatic heterocycles. The summed E-state index contributed by atoms with van der Waals surface area (Å²) in [4.78, 5) is 4.74. The lowest BCUT2D eigenvalue weighted by molar-refractivity contribution is 0.582. The first-order valence-electron chi connectivity index (χ1n) is 8.27. The summed E-state index contributed by atoms with van der Waals surface area (Å²) in [6.07, 6.45) is 3.20. The molecule has 0 fully saturated rings. The van der Waals surface area contributed by atoms with Gasteiger partial charge in [-0.25, -0.2) is 8.42 Å². The monoisotopic (exact) mass is 408 g/mol. The number of nitrogens with zero attached hydrogens (tertiary/aromatic N) is 2. The van der Waals surface area contributed by atoms with E-state index in [1.165, 1.54) is 0 Å². The maximum Gasteiger partial charge on any atom is 0.235 e. The lowest BCUT2D eigenvalue weighted by Gasteiger charge is -2.30. The van der Waals surface area contributed by atoms with Gasteiger partial charge < -0.3 is 0 Å². The maximum absolute atomic E-state index is 12.6. The number of sulfonamides is 1. The normalized spacial score (nSPS) is 14.5. The Balaban J connectivity index is 1.94. The molecule has 0 aliphatic carbocycles. The van der Waals surface area contributed by atoms with Crippen LogP contribution >= 0.6 is 15.9 Å². The Labute approximate surface area is 152 Å². The fourth-order valence-electron chi connectivity index (χ4n) is 2.92. The standard InChI is InChI=1S/C18H21BrN2O2S/c1-2-3-13-24(22,23)21-12-4-5-17-18(21)11-10-16(20-17)14-6-8-15(19)9-7-14/h6-11H,2-5,12-13H2,1H3. The molecule has 1 aromatic carbocycles. The van der Waals surface area contributed by atoms with E-state index in [9.17, 15) is 8.42 Å². The molecule has 2 aromatic rings. The van der Waals surface area contributed by atoms with E-state index in [1.807, 2.05) is 43.3 Å². The maximum atomic E-state index is 12.6. The molecular weight excluding hydrogens is 388 g/mol. The largest absolute Gasteiger partial charge is 0.268 e. The van der Waals surface area contributed by atoms with E-state index >= 15 is 0 Å². The van der Waals surface area contributed by atoms with Crippen molar-refractivity contribution in [2.24, 2.45) is 0 Å². The van der Waals surface area contributed by atoms with Crippen LogP contribution in [0, 0.1) is 0 Å². The van der Waals surface area contributed by atoms with Gasteiger partial charge in [0.15, 0.2) is 0 Å². The zero-order valence-electron chi connectivity index (χ0n) is 13.7. The first-order chi connectivity index (χ1) is 11.5. The summed E-state index contributed by atoms with van der Waals surface area (Å²) in [5, 5.41) is 0. The summed E-state index contributed by atoms with van der Waals surface area (Å²) in [5.74, 6) is 0.206. The zero-order valence-corrected chi connectivity index (χ0v) is 16.1. The summed E-state index contributed by atoms with van der Waals surface area (Å²) >= 11 is 3.43. The first kappa shape index (κ1) is 17.4. The molecule has 0 radical (unpaired) electrons. The number of unbranched alkanes of at least 4 members (excludes halogenated alkanes) is 1. The van der Waals surface area contributed by atoms with Crippen LogP contribution < -0.4 is 4.31 Å². The predicted octanol–water partition coefficient (Wildman–Crippen LogP) is 4.39. The fourth-order valence-corrected chi connectivity index (χ4v) is 4.93. The van der Waals surface area contributed by atoms with Crippen molar-refractivity contribution in [2.75, 3.05) is 16.6 Å². The molecule has 1 aromatic heterocycles. The second kappa shape index (κ2) is 7.23. The number of benzene rings is 1. The van der Waals surface area contributed by atoms with Crippen molar-refractivity contribution in [1.29, 1.82) is 0 Å². The Hall–Kier alpha value is -1.40. The highest BCUT2D eigenvalue weighted by molar-refractivity contribution is 9.10. The fraction of sp³-hybridized carbons (Fsp3) is 0.389. The smallest absolute Gasteiger partial charge is 0.235 e. The third-order valence-corrected chi connectivity index (χ3v) is 6.61. The number of fused-ring (bicyclic) bond motifs is 1. The van der Waals surface area contributed by atoms with Gasteiger partial charge >= 0.3 is 0 Å². The van der Waals surface area contributed by atoms with Crippen LogP contribution in [0.4, 0.5) is 5.69 Å². The minimum atomic E-state index is -3.25. The van der Waals surface area contributed by atoms with E-state index < -0.39 is 10.0 Å². The number of hydrogen-bond donors (Lipinski definition) is 0. The quantitative estimate of drug-likeness (QED) is 0.736. The lowest BCUT2D eigenvalue weighted by atomic mass is 10.1. The van der Waals surface area contributed by atoms with Crippen molar-refractivity contribution in [3.8, 4) is 11.3 Å². The van der Waals surface area contributed by atoms with Crippen molar-refractivity contribution >= 4 is 31.6 Å². The Morgan fingerprint density at radius 1 is 1.17 bits per heavy atom. The third kappa shape index (κ3) is 3.64. The summed E-state index contributed by atoms with van der Waals surface area (Å²) in [7, 11) is -3.25. The van der Waals surface area contributed by atoms with Crippen LogP contribution in [0.3, 0.4) is 0 Å². The van der Waals surface area contributed by atoms with Crippen molar-refractivity contribution in [2.45, 2.75) is 32.6 Å². The van der Waals surface area contributed by atoms with Crippen molar-refractivity contribution < 1.29 is 8.42 Å². The van der Waals surface area contributed by atoms with Gasteiger partial charge in [0, 0.05) is 16.6 Å². The molecule has 1 aliphatic rings. The Kier molecular flexibility index (Phi) is 5.25. The van der Waals surface area contributed by atoms with Gasteiger partial charge in [0.2, 0.25) is 10.0 Å². The van der Waals surface area contributed by atoms with Crippen LogP contribution in [0.15, 0.2) is 40.9 Å². The average Bonchev–Trinajstić information content (AvgIpc) is 2.59. The highest BCUT2D eigenvalue weighted by Gasteiger charge is 2.27. The molecule has 3 rings (SSSR count). The van der Waals surface area contributed by atoms with Crippen molar-refractivity contribution in [3.63, 3.8) is 0 Å². The van der Waals surface area contributed by atoms with Crippen LogP contribution in [0.1, 0.15) is 31.9 Å². The third-order valence-electron chi connectivity index (χ3n) is 4.23. The SMILES string of the molecule is CCCCS(=O)(=O)N1CCCc2nc(-c3ccc(Br)cc3)ccc21. The number of rotatable bonds is 5. The van der Waals surface area contributed by atoms with Crippen molar-refractivity contribution in [3.05, 3.63) is 46.6 Å². The Morgan fingerprint density at radius 2 is 1.92 bits per heavy atom. The van der Waals surface area contributed by atoms with E-state index in [-0.39, 0.29) is 5.75 Å².